The number of non-ortho nitro benzene ring substituents is 1. The number of aryl methyl sites for hydroxylation is 1. The zero-order chi connectivity index (χ0) is 21.8. The van der Waals surface area contributed by atoms with E-state index in [1.807, 2.05) is 0 Å². The molecule has 2 rings (SSSR count). The zero-order valence-corrected chi connectivity index (χ0v) is 17.4. The highest BCUT2D eigenvalue weighted by Gasteiger charge is 2.33. The Morgan fingerprint density at radius 1 is 1.24 bits per heavy atom. The van der Waals surface area contributed by atoms with E-state index in [0.717, 1.165) is 10.6 Å². The number of carbonyl (C=O) groups is 1. The van der Waals surface area contributed by atoms with Crippen LogP contribution in [0.1, 0.15) is 18.9 Å². The van der Waals surface area contributed by atoms with Crippen molar-refractivity contribution in [3.05, 3.63) is 58.1 Å². The average molecular weight is 421 g/mol. The molecule has 0 aromatic heterocycles. The van der Waals surface area contributed by atoms with E-state index in [9.17, 15) is 23.3 Å². The summed E-state index contributed by atoms with van der Waals surface area (Å²) < 4.78 is 31.1. The van der Waals surface area contributed by atoms with Crippen LogP contribution in [0.25, 0.3) is 0 Å². The van der Waals surface area contributed by atoms with Crippen LogP contribution in [0, 0.1) is 17.0 Å². The summed E-state index contributed by atoms with van der Waals surface area (Å²) in [5.41, 5.74) is 0.804. The molecule has 2 aromatic carbocycles. The maximum atomic E-state index is 12.9. The normalized spacial score (nSPS) is 12.1. The van der Waals surface area contributed by atoms with Gasteiger partial charge < -0.3 is 10.1 Å². The fraction of sp³-hybridized carbons (Fsp3) is 0.316. The minimum Gasteiger partial charge on any atom is -0.497 e. The second kappa shape index (κ2) is 8.91. The topological polar surface area (TPSA) is 119 Å². The number of amides is 1. The molecule has 1 atom stereocenters. The molecule has 0 spiro atoms. The molecule has 10 heteroatoms. The molecule has 0 bridgehead atoms. The lowest BCUT2D eigenvalue weighted by atomic mass is 10.1. The molecule has 0 heterocycles. The Hall–Kier alpha value is -3.14. The van der Waals surface area contributed by atoms with Gasteiger partial charge in [0.05, 0.1) is 24.0 Å². The van der Waals surface area contributed by atoms with Crippen LogP contribution in [0.4, 0.5) is 17.1 Å². The summed E-state index contributed by atoms with van der Waals surface area (Å²) in [5, 5.41) is 13.8. The van der Waals surface area contributed by atoms with Gasteiger partial charge in [-0.05, 0) is 43.2 Å². The zero-order valence-electron chi connectivity index (χ0n) is 16.6. The summed E-state index contributed by atoms with van der Waals surface area (Å²) in [6, 6.07) is 9.41. The van der Waals surface area contributed by atoms with Crippen molar-refractivity contribution in [1.82, 2.24) is 0 Å². The van der Waals surface area contributed by atoms with Crippen molar-refractivity contribution in [2.45, 2.75) is 26.3 Å². The number of methoxy groups -OCH3 is 1. The van der Waals surface area contributed by atoms with E-state index in [-0.39, 0.29) is 17.8 Å². The van der Waals surface area contributed by atoms with Crippen LogP contribution in [-0.2, 0) is 14.8 Å². The Morgan fingerprint density at radius 3 is 2.34 bits per heavy atom. The number of nitro groups is 1. The highest BCUT2D eigenvalue weighted by atomic mass is 32.2. The molecule has 0 aliphatic rings. The summed E-state index contributed by atoms with van der Waals surface area (Å²) in [7, 11) is -2.39. The quantitative estimate of drug-likeness (QED) is 0.517. The minimum absolute atomic E-state index is 0.0958. The van der Waals surface area contributed by atoms with Gasteiger partial charge in [0.15, 0.2) is 0 Å². The van der Waals surface area contributed by atoms with Crippen molar-refractivity contribution in [2.75, 3.05) is 23.0 Å². The van der Waals surface area contributed by atoms with Gasteiger partial charge in [-0.1, -0.05) is 13.0 Å². The Balaban J connectivity index is 2.45. The van der Waals surface area contributed by atoms with Gasteiger partial charge in [-0.25, -0.2) is 8.42 Å². The smallest absolute Gasteiger partial charge is 0.271 e. The van der Waals surface area contributed by atoms with Crippen molar-refractivity contribution in [1.29, 1.82) is 0 Å². The number of nitro benzene ring substituents is 1. The van der Waals surface area contributed by atoms with Crippen molar-refractivity contribution in [3.63, 3.8) is 0 Å². The molecule has 156 valence electrons. The SMILES string of the molecule is CC[C@H](C(=O)Nc1ccc(OC)cc1)N(c1cc([N+](=O)[O-])ccc1C)S(C)(=O)=O. The summed E-state index contributed by atoms with van der Waals surface area (Å²) in [5.74, 6) is 0.0639. The second-order valence-electron chi connectivity index (χ2n) is 6.43. The Labute approximate surface area is 169 Å². The van der Waals surface area contributed by atoms with Crippen LogP contribution in [0.5, 0.6) is 5.75 Å². The first-order valence-corrected chi connectivity index (χ1v) is 10.6. The van der Waals surface area contributed by atoms with Gasteiger partial charge in [-0.3, -0.25) is 19.2 Å². The lowest BCUT2D eigenvalue weighted by Crippen LogP contribution is -2.47. The third-order valence-electron chi connectivity index (χ3n) is 4.33. The molecule has 1 amide bonds. The molecule has 9 nitrogen and oxygen atoms in total. The lowest BCUT2D eigenvalue weighted by molar-refractivity contribution is -0.384. The van der Waals surface area contributed by atoms with Crippen molar-refractivity contribution in [3.8, 4) is 5.75 Å². The van der Waals surface area contributed by atoms with Crippen LogP contribution < -0.4 is 14.4 Å². The highest BCUT2D eigenvalue weighted by Crippen LogP contribution is 2.30. The van der Waals surface area contributed by atoms with Gasteiger partial charge in [0.1, 0.15) is 11.8 Å². The van der Waals surface area contributed by atoms with Gasteiger partial charge in [-0.2, -0.15) is 0 Å². The summed E-state index contributed by atoms with van der Waals surface area (Å²) >= 11 is 0. The summed E-state index contributed by atoms with van der Waals surface area (Å²) in [6.07, 6.45) is 1.13. The lowest BCUT2D eigenvalue weighted by Gasteiger charge is -2.31. The van der Waals surface area contributed by atoms with Crippen molar-refractivity contribution >= 4 is 33.0 Å². The van der Waals surface area contributed by atoms with Crippen LogP contribution in [-0.4, -0.2) is 38.7 Å². The molecule has 0 radical (unpaired) electrons. The standard InChI is InChI=1S/C19H23N3O6S/c1-5-17(19(23)20-14-7-10-16(28-3)11-8-14)21(29(4,26)27)18-12-15(22(24)25)9-6-13(18)2/h6-12,17H,5H2,1-4H3,(H,20,23)/t17-/m1/s1. The minimum atomic E-state index is -3.91. The maximum Gasteiger partial charge on any atom is 0.271 e. The van der Waals surface area contributed by atoms with E-state index in [2.05, 4.69) is 5.32 Å². The predicted molar refractivity (Wildman–Crippen MR) is 111 cm³/mol. The van der Waals surface area contributed by atoms with Gasteiger partial charge in [0, 0.05) is 17.8 Å². The number of sulfonamides is 1. The fourth-order valence-corrected chi connectivity index (χ4v) is 4.15. The van der Waals surface area contributed by atoms with Crippen LogP contribution in [0.3, 0.4) is 0 Å². The molecular formula is C19H23N3O6S. The van der Waals surface area contributed by atoms with E-state index < -0.39 is 26.9 Å². The van der Waals surface area contributed by atoms with E-state index >= 15 is 0 Å². The Morgan fingerprint density at radius 2 is 1.86 bits per heavy atom. The number of rotatable bonds is 8. The number of nitrogens with one attached hydrogen (secondary N) is 1. The van der Waals surface area contributed by atoms with Gasteiger partial charge >= 0.3 is 0 Å². The average Bonchev–Trinajstić information content (AvgIpc) is 2.66. The molecule has 0 fully saturated rings. The highest BCUT2D eigenvalue weighted by molar-refractivity contribution is 7.92. The monoisotopic (exact) mass is 421 g/mol. The van der Waals surface area contributed by atoms with Crippen molar-refractivity contribution < 1.29 is 22.9 Å². The van der Waals surface area contributed by atoms with Gasteiger partial charge in [-0.15, -0.1) is 0 Å². The van der Waals surface area contributed by atoms with Crippen molar-refractivity contribution in [2.24, 2.45) is 0 Å². The van der Waals surface area contributed by atoms with E-state index in [1.165, 1.54) is 25.3 Å². The largest absolute Gasteiger partial charge is 0.497 e. The number of hydrogen-bond acceptors (Lipinski definition) is 6. The van der Waals surface area contributed by atoms with Gasteiger partial charge in [0.25, 0.3) is 5.69 Å². The number of benzene rings is 2. The third kappa shape index (κ3) is 5.23. The number of nitrogens with zero attached hydrogens (tertiary/aromatic N) is 2. The first-order chi connectivity index (χ1) is 13.6. The Kier molecular flexibility index (Phi) is 6.80. The first-order valence-electron chi connectivity index (χ1n) is 8.77. The number of anilines is 2. The molecule has 0 aliphatic carbocycles. The molecule has 0 saturated carbocycles. The number of carbonyl (C=O) groups excluding carboxylic acids is 1. The van der Waals surface area contributed by atoms with Crippen LogP contribution >= 0.6 is 0 Å². The van der Waals surface area contributed by atoms with E-state index in [1.54, 1.807) is 38.1 Å². The molecule has 0 saturated heterocycles. The number of ether oxygens (including phenoxy) is 1. The maximum absolute atomic E-state index is 12.9. The Bertz CT molecular complexity index is 1010. The first kappa shape index (κ1) is 22.2. The molecule has 29 heavy (non-hydrogen) atoms. The fourth-order valence-electron chi connectivity index (χ4n) is 2.88. The number of hydrogen-bond donors (Lipinski definition) is 1. The summed E-state index contributed by atoms with van der Waals surface area (Å²) in [4.78, 5) is 23.4. The molecule has 0 aliphatic heterocycles. The third-order valence-corrected chi connectivity index (χ3v) is 5.49. The second-order valence-corrected chi connectivity index (χ2v) is 8.29. The molecule has 0 unspecified atom stereocenters. The predicted octanol–water partition coefficient (Wildman–Crippen LogP) is 3.10. The van der Waals surface area contributed by atoms with E-state index in [4.69, 9.17) is 4.74 Å². The molecule has 1 N–H and O–H groups in total. The summed E-state index contributed by atoms with van der Waals surface area (Å²) in [6.45, 7) is 3.30. The van der Waals surface area contributed by atoms with Gasteiger partial charge in [0.2, 0.25) is 15.9 Å². The van der Waals surface area contributed by atoms with Crippen LogP contribution in [0.2, 0.25) is 0 Å². The van der Waals surface area contributed by atoms with Crippen LogP contribution in [0.15, 0.2) is 42.5 Å². The van der Waals surface area contributed by atoms with E-state index in [0.29, 0.717) is 17.0 Å². The molecule has 2 aromatic rings. The molecular weight excluding hydrogens is 398 g/mol.